The lowest BCUT2D eigenvalue weighted by Gasteiger charge is -2.35. The molecule has 170 valence electrons. The number of carbonyl (C=O) groups excluding carboxylic acids is 1. The van der Waals surface area contributed by atoms with Crippen LogP contribution in [0.25, 0.3) is 0 Å². The SMILES string of the molecule is C=CCc1ccccc1OCC(O)CN(C(=O)C(F)(F)C(F)(F)C(F)(F)F)C(C)C. The largest absolute Gasteiger partial charge is 0.491 e. The lowest BCUT2D eigenvalue weighted by Crippen LogP contribution is -2.62. The van der Waals surface area contributed by atoms with Crippen molar-refractivity contribution in [1.29, 1.82) is 0 Å². The number of hydrogen-bond acceptors (Lipinski definition) is 3. The Labute approximate surface area is 168 Å². The Morgan fingerprint density at radius 1 is 1.17 bits per heavy atom. The smallest absolute Gasteiger partial charge is 0.460 e. The zero-order chi connectivity index (χ0) is 23.3. The molecule has 0 aliphatic rings. The molecule has 0 aliphatic heterocycles. The molecule has 1 atom stereocenters. The van der Waals surface area contributed by atoms with Crippen molar-refractivity contribution >= 4 is 5.91 Å². The highest BCUT2D eigenvalue weighted by atomic mass is 19.4. The average molecular weight is 445 g/mol. The molecule has 0 bridgehead atoms. The molecule has 1 amide bonds. The van der Waals surface area contributed by atoms with Gasteiger partial charge < -0.3 is 14.7 Å². The van der Waals surface area contributed by atoms with Gasteiger partial charge in [0.25, 0.3) is 5.91 Å². The van der Waals surface area contributed by atoms with Crippen LogP contribution in [0.5, 0.6) is 5.75 Å². The molecular formula is C19H22F7NO3. The summed E-state index contributed by atoms with van der Waals surface area (Å²) in [6, 6.07) is 5.39. The van der Waals surface area contributed by atoms with Gasteiger partial charge in [0.2, 0.25) is 0 Å². The Bertz CT molecular complexity index is 735. The van der Waals surface area contributed by atoms with Crippen molar-refractivity contribution in [2.75, 3.05) is 13.2 Å². The molecule has 0 aromatic heterocycles. The Morgan fingerprint density at radius 2 is 1.73 bits per heavy atom. The van der Waals surface area contributed by atoms with E-state index in [1.54, 1.807) is 30.3 Å². The van der Waals surface area contributed by atoms with Gasteiger partial charge >= 0.3 is 18.0 Å². The van der Waals surface area contributed by atoms with Gasteiger partial charge in [0.1, 0.15) is 18.5 Å². The molecule has 0 heterocycles. The summed E-state index contributed by atoms with van der Waals surface area (Å²) in [4.78, 5) is 11.9. The van der Waals surface area contributed by atoms with Crippen molar-refractivity contribution in [3.63, 3.8) is 0 Å². The summed E-state index contributed by atoms with van der Waals surface area (Å²) in [6.45, 7) is 4.37. The van der Waals surface area contributed by atoms with Gasteiger partial charge in [-0.3, -0.25) is 4.79 Å². The fourth-order valence-electron chi connectivity index (χ4n) is 2.46. The van der Waals surface area contributed by atoms with Gasteiger partial charge in [-0.05, 0) is 31.9 Å². The summed E-state index contributed by atoms with van der Waals surface area (Å²) in [7, 11) is 0. The first-order valence-electron chi connectivity index (χ1n) is 8.79. The molecule has 11 heteroatoms. The predicted molar refractivity (Wildman–Crippen MR) is 94.6 cm³/mol. The lowest BCUT2D eigenvalue weighted by atomic mass is 10.1. The molecule has 0 saturated carbocycles. The highest BCUT2D eigenvalue weighted by molar-refractivity contribution is 5.85. The summed E-state index contributed by atoms with van der Waals surface area (Å²) >= 11 is 0. The number of ether oxygens (including phenoxy) is 1. The van der Waals surface area contributed by atoms with Gasteiger partial charge in [0, 0.05) is 6.04 Å². The van der Waals surface area contributed by atoms with E-state index in [1.807, 2.05) is 0 Å². The van der Waals surface area contributed by atoms with Gasteiger partial charge in [-0.25, -0.2) is 0 Å². The fraction of sp³-hybridized carbons (Fsp3) is 0.526. The fourth-order valence-corrected chi connectivity index (χ4v) is 2.46. The first kappa shape index (κ1) is 25.7. The third kappa shape index (κ3) is 5.65. The number of allylic oxidation sites excluding steroid dienone is 1. The van der Waals surface area contributed by atoms with Gasteiger partial charge in [-0.2, -0.15) is 30.7 Å². The molecule has 30 heavy (non-hydrogen) atoms. The molecule has 0 aliphatic carbocycles. The summed E-state index contributed by atoms with van der Waals surface area (Å²) in [5, 5.41) is 10.0. The number of aliphatic hydroxyl groups is 1. The molecule has 0 saturated heterocycles. The number of nitrogens with zero attached hydrogens (tertiary/aromatic N) is 1. The minimum absolute atomic E-state index is 0.0589. The molecule has 1 rings (SSSR count). The second kappa shape index (κ2) is 9.67. The lowest BCUT2D eigenvalue weighted by molar-refractivity contribution is -0.346. The average Bonchev–Trinajstić information content (AvgIpc) is 2.63. The normalized spacial score (nSPS) is 13.8. The van der Waals surface area contributed by atoms with Crippen LogP contribution >= 0.6 is 0 Å². The van der Waals surface area contributed by atoms with Crippen molar-refractivity contribution < 1.29 is 45.4 Å². The molecule has 1 aromatic rings. The van der Waals surface area contributed by atoms with E-state index in [0.717, 1.165) is 13.8 Å². The second-order valence-corrected chi connectivity index (χ2v) is 6.76. The maximum Gasteiger partial charge on any atom is 0.460 e. The van der Waals surface area contributed by atoms with E-state index in [9.17, 15) is 40.6 Å². The predicted octanol–water partition coefficient (Wildman–Crippen LogP) is 4.22. The number of amides is 1. The van der Waals surface area contributed by atoms with Crippen LogP contribution in [-0.4, -0.2) is 59.2 Å². The van der Waals surface area contributed by atoms with E-state index in [0.29, 0.717) is 17.7 Å². The molecule has 4 nitrogen and oxygen atoms in total. The number of para-hydroxylation sites is 1. The van der Waals surface area contributed by atoms with Crippen molar-refractivity contribution in [3.05, 3.63) is 42.5 Å². The van der Waals surface area contributed by atoms with Crippen LogP contribution in [0.4, 0.5) is 30.7 Å². The number of rotatable bonds is 10. The van der Waals surface area contributed by atoms with Crippen LogP contribution in [0.15, 0.2) is 36.9 Å². The Balaban J connectivity index is 2.94. The first-order chi connectivity index (χ1) is 13.7. The number of halogens is 7. The molecular weight excluding hydrogens is 423 g/mol. The number of carbonyl (C=O) groups is 1. The summed E-state index contributed by atoms with van der Waals surface area (Å²) < 4.78 is 96.3. The van der Waals surface area contributed by atoms with E-state index in [-0.39, 0.29) is 4.90 Å². The van der Waals surface area contributed by atoms with Crippen LogP contribution < -0.4 is 4.74 Å². The monoisotopic (exact) mass is 445 g/mol. The molecule has 0 radical (unpaired) electrons. The number of aliphatic hydroxyl groups excluding tert-OH is 1. The van der Waals surface area contributed by atoms with E-state index in [4.69, 9.17) is 4.74 Å². The topological polar surface area (TPSA) is 49.8 Å². The Kier molecular flexibility index (Phi) is 8.30. The van der Waals surface area contributed by atoms with Crippen molar-refractivity contribution in [1.82, 2.24) is 4.90 Å². The maximum atomic E-state index is 13.8. The minimum Gasteiger partial charge on any atom is -0.491 e. The highest BCUT2D eigenvalue weighted by Crippen LogP contribution is 2.47. The summed E-state index contributed by atoms with van der Waals surface area (Å²) in [5.74, 6) is -15.0. The minimum atomic E-state index is -6.63. The van der Waals surface area contributed by atoms with Crippen LogP contribution in [0.2, 0.25) is 0 Å². The van der Waals surface area contributed by atoms with Gasteiger partial charge in [0.05, 0.1) is 6.54 Å². The Hall–Kier alpha value is -2.30. The van der Waals surface area contributed by atoms with Gasteiger partial charge in [-0.15, -0.1) is 6.58 Å². The van der Waals surface area contributed by atoms with Crippen molar-refractivity contribution in [2.45, 2.75) is 50.4 Å². The third-order valence-corrected chi connectivity index (χ3v) is 4.08. The first-order valence-corrected chi connectivity index (χ1v) is 8.79. The van der Waals surface area contributed by atoms with Gasteiger partial charge in [-0.1, -0.05) is 24.3 Å². The van der Waals surface area contributed by atoms with Gasteiger partial charge in [0.15, 0.2) is 0 Å². The van der Waals surface area contributed by atoms with Crippen LogP contribution in [0.3, 0.4) is 0 Å². The Morgan fingerprint density at radius 3 is 2.23 bits per heavy atom. The molecule has 1 N–H and O–H groups in total. The molecule has 0 spiro atoms. The van der Waals surface area contributed by atoms with E-state index >= 15 is 0 Å². The van der Waals surface area contributed by atoms with E-state index in [2.05, 4.69) is 6.58 Å². The molecule has 0 fully saturated rings. The number of alkyl halides is 7. The van der Waals surface area contributed by atoms with Crippen molar-refractivity contribution in [3.8, 4) is 5.75 Å². The summed E-state index contributed by atoms with van der Waals surface area (Å²) in [5.41, 5.74) is 0.688. The van der Waals surface area contributed by atoms with E-state index < -0.39 is 49.2 Å². The van der Waals surface area contributed by atoms with Crippen LogP contribution in [-0.2, 0) is 11.2 Å². The number of benzene rings is 1. The second-order valence-electron chi connectivity index (χ2n) is 6.76. The van der Waals surface area contributed by atoms with Crippen LogP contribution in [0.1, 0.15) is 19.4 Å². The number of hydrogen-bond donors (Lipinski definition) is 1. The molecule has 1 unspecified atom stereocenters. The standard InChI is InChI=1S/C19H22F7NO3/c1-4-7-13-8-5-6-9-15(13)30-11-14(28)10-27(12(2)3)16(29)17(20,21)18(22,23)19(24,25)26/h4-6,8-9,12,14,28H,1,7,10-11H2,2-3H3. The summed E-state index contributed by atoms with van der Waals surface area (Å²) in [6.07, 6.45) is -6.27. The quantitative estimate of drug-likeness (QED) is 0.433. The highest BCUT2D eigenvalue weighted by Gasteiger charge is 2.77. The van der Waals surface area contributed by atoms with Crippen LogP contribution in [0, 0.1) is 0 Å². The van der Waals surface area contributed by atoms with E-state index in [1.165, 1.54) is 0 Å². The molecule has 1 aromatic carbocycles. The third-order valence-electron chi connectivity index (χ3n) is 4.08. The zero-order valence-electron chi connectivity index (χ0n) is 16.2. The zero-order valence-corrected chi connectivity index (χ0v) is 16.2. The van der Waals surface area contributed by atoms with Crippen molar-refractivity contribution in [2.24, 2.45) is 0 Å². The maximum absolute atomic E-state index is 13.8.